The van der Waals surface area contributed by atoms with Gasteiger partial charge in [-0.2, -0.15) is 5.10 Å². The molecule has 2 N–H and O–H groups in total. The van der Waals surface area contributed by atoms with Crippen molar-refractivity contribution in [3.8, 4) is 0 Å². The molecule has 1 amide bonds. The Morgan fingerprint density at radius 1 is 1.41 bits per heavy atom. The molecule has 1 aliphatic rings. The molecule has 22 heavy (non-hydrogen) atoms. The summed E-state index contributed by atoms with van der Waals surface area (Å²) in [4.78, 5) is 23.4. The predicted octanol–water partition coefficient (Wildman–Crippen LogP) is 1.46. The van der Waals surface area contributed by atoms with Crippen LogP contribution in [0.4, 0.5) is 0 Å². The minimum Gasteiger partial charge on any atom is -0.354 e. The average Bonchev–Trinajstić information content (AvgIpc) is 2.85. The van der Waals surface area contributed by atoms with E-state index in [0.717, 1.165) is 29.8 Å². The van der Waals surface area contributed by atoms with Crippen molar-refractivity contribution < 1.29 is 4.79 Å². The van der Waals surface area contributed by atoms with E-state index in [0.29, 0.717) is 6.54 Å². The molecule has 1 aromatic carbocycles. The number of aromatic nitrogens is 3. The Morgan fingerprint density at radius 3 is 2.77 bits per heavy atom. The lowest BCUT2D eigenvalue weighted by atomic mass is 9.64. The summed E-state index contributed by atoms with van der Waals surface area (Å²) in [6.45, 7) is 0.496. The molecule has 0 aliphatic heterocycles. The molecule has 116 valence electrons. The first-order chi connectivity index (χ1) is 10.6. The molecule has 1 aromatic heterocycles. The molecule has 1 fully saturated rings. The maximum Gasteiger partial charge on any atom is 0.343 e. The Morgan fingerprint density at radius 2 is 2.18 bits per heavy atom. The van der Waals surface area contributed by atoms with Crippen molar-refractivity contribution in [3.05, 3.63) is 51.7 Å². The molecule has 0 atom stereocenters. The number of H-pyrrole nitrogens is 1. The number of nitrogens with one attached hydrogen (secondary N) is 2. The van der Waals surface area contributed by atoms with E-state index in [2.05, 4.69) is 15.5 Å². The van der Waals surface area contributed by atoms with Crippen LogP contribution in [0.1, 0.15) is 24.8 Å². The van der Waals surface area contributed by atoms with Gasteiger partial charge >= 0.3 is 5.69 Å². The van der Waals surface area contributed by atoms with Crippen LogP contribution in [0.2, 0.25) is 5.02 Å². The number of aromatic amines is 1. The molecular formula is C15H17ClN4O2. The lowest BCUT2D eigenvalue weighted by Crippen LogP contribution is -2.46. The van der Waals surface area contributed by atoms with E-state index < -0.39 is 0 Å². The molecular weight excluding hydrogens is 304 g/mol. The van der Waals surface area contributed by atoms with Crippen LogP contribution in [0.5, 0.6) is 0 Å². The third-order valence-electron chi connectivity index (χ3n) is 4.31. The average molecular weight is 321 g/mol. The highest BCUT2D eigenvalue weighted by Crippen LogP contribution is 2.45. The van der Waals surface area contributed by atoms with Gasteiger partial charge in [0.2, 0.25) is 5.91 Å². The first-order valence-electron chi connectivity index (χ1n) is 7.22. The van der Waals surface area contributed by atoms with E-state index in [9.17, 15) is 9.59 Å². The van der Waals surface area contributed by atoms with Gasteiger partial charge in [-0.3, -0.25) is 9.36 Å². The van der Waals surface area contributed by atoms with Crippen molar-refractivity contribution in [1.29, 1.82) is 0 Å². The van der Waals surface area contributed by atoms with Gasteiger partial charge < -0.3 is 5.32 Å². The number of rotatable bonds is 5. The molecule has 0 bridgehead atoms. The SMILES string of the molecule is O=C(Cn1cn[nH]c1=O)NCC1(c2ccccc2Cl)CCC1. The maximum atomic E-state index is 12.0. The van der Waals surface area contributed by atoms with E-state index in [1.807, 2.05) is 24.3 Å². The minimum absolute atomic E-state index is 0.0338. The van der Waals surface area contributed by atoms with Crippen LogP contribution in [-0.4, -0.2) is 27.2 Å². The van der Waals surface area contributed by atoms with Gasteiger partial charge in [0.15, 0.2) is 0 Å². The van der Waals surface area contributed by atoms with Crippen LogP contribution in [0.15, 0.2) is 35.4 Å². The second-order valence-corrected chi connectivity index (χ2v) is 6.09. The fourth-order valence-electron chi connectivity index (χ4n) is 2.90. The third-order valence-corrected chi connectivity index (χ3v) is 4.64. The van der Waals surface area contributed by atoms with Crippen molar-refractivity contribution in [3.63, 3.8) is 0 Å². The molecule has 2 aromatic rings. The number of nitrogens with zero attached hydrogens (tertiary/aromatic N) is 2. The Balaban J connectivity index is 1.67. The smallest absolute Gasteiger partial charge is 0.343 e. The summed E-state index contributed by atoms with van der Waals surface area (Å²) in [7, 11) is 0. The highest BCUT2D eigenvalue weighted by atomic mass is 35.5. The molecule has 0 saturated heterocycles. The van der Waals surface area contributed by atoms with E-state index >= 15 is 0 Å². The van der Waals surface area contributed by atoms with Gasteiger partial charge in [-0.1, -0.05) is 36.2 Å². The number of carbonyl (C=O) groups is 1. The fraction of sp³-hybridized carbons (Fsp3) is 0.400. The predicted molar refractivity (Wildman–Crippen MR) is 82.8 cm³/mol. The normalized spacial score (nSPS) is 16.0. The third kappa shape index (κ3) is 2.78. The first kappa shape index (κ1) is 14.8. The van der Waals surface area contributed by atoms with Gasteiger partial charge in [0, 0.05) is 17.0 Å². The summed E-state index contributed by atoms with van der Waals surface area (Å²) in [6, 6.07) is 7.77. The fourth-order valence-corrected chi connectivity index (χ4v) is 3.23. The monoisotopic (exact) mass is 320 g/mol. The molecule has 0 unspecified atom stereocenters. The zero-order valence-electron chi connectivity index (χ0n) is 12.0. The van der Waals surface area contributed by atoms with Gasteiger partial charge in [-0.25, -0.2) is 9.89 Å². The number of carbonyl (C=O) groups excluding carboxylic acids is 1. The summed E-state index contributed by atoms with van der Waals surface area (Å²) in [5.74, 6) is -0.207. The summed E-state index contributed by atoms with van der Waals surface area (Å²) >= 11 is 6.30. The standard InChI is InChI=1S/C15H17ClN4O2/c16-12-5-2-1-4-11(12)15(6-3-7-15)9-17-13(21)8-20-10-18-19-14(20)22/h1-2,4-5,10H,3,6-9H2,(H,17,21)(H,19,22). The molecule has 3 rings (SSSR count). The van der Waals surface area contributed by atoms with Crippen molar-refractivity contribution in [2.45, 2.75) is 31.2 Å². The molecule has 1 saturated carbocycles. The summed E-state index contributed by atoms with van der Waals surface area (Å²) in [5.41, 5.74) is 0.610. The quantitative estimate of drug-likeness (QED) is 0.875. The number of halogens is 1. The minimum atomic E-state index is -0.389. The van der Waals surface area contributed by atoms with Gasteiger partial charge in [0.1, 0.15) is 12.9 Å². The number of hydrogen-bond donors (Lipinski definition) is 2. The van der Waals surface area contributed by atoms with Crippen LogP contribution in [0.25, 0.3) is 0 Å². The van der Waals surface area contributed by atoms with E-state index in [4.69, 9.17) is 11.6 Å². The van der Waals surface area contributed by atoms with Crippen LogP contribution >= 0.6 is 11.6 Å². The number of hydrogen-bond acceptors (Lipinski definition) is 3. The molecule has 0 radical (unpaired) electrons. The number of benzene rings is 1. The lowest BCUT2D eigenvalue weighted by molar-refractivity contribution is -0.122. The number of amides is 1. The van der Waals surface area contributed by atoms with Crippen LogP contribution < -0.4 is 11.0 Å². The van der Waals surface area contributed by atoms with E-state index in [1.165, 1.54) is 10.9 Å². The highest BCUT2D eigenvalue weighted by molar-refractivity contribution is 6.31. The van der Waals surface area contributed by atoms with Crippen LogP contribution in [-0.2, 0) is 16.8 Å². The summed E-state index contributed by atoms with van der Waals surface area (Å²) < 4.78 is 1.23. The van der Waals surface area contributed by atoms with Crippen molar-refractivity contribution in [1.82, 2.24) is 20.1 Å². The van der Waals surface area contributed by atoms with Crippen molar-refractivity contribution >= 4 is 17.5 Å². The zero-order valence-corrected chi connectivity index (χ0v) is 12.8. The van der Waals surface area contributed by atoms with Crippen molar-refractivity contribution in [2.24, 2.45) is 0 Å². The van der Waals surface area contributed by atoms with Gasteiger partial charge in [0.25, 0.3) is 0 Å². The topological polar surface area (TPSA) is 79.8 Å². The Kier molecular flexibility index (Phi) is 4.02. The van der Waals surface area contributed by atoms with E-state index in [1.54, 1.807) is 0 Å². The summed E-state index contributed by atoms with van der Waals surface area (Å²) in [5, 5.41) is 9.52. The van der Waals surface area contributed by atoms with Crippen molar-refractivity contribution in [2.75, 3.05) is 6.54 Å². The maximum absolute atomic E-state index is 12.0. The highest BCUT2D eigenvalue weighted by Gasteiger charge is 2.40. The Labute approximate surface area is 132 Å². The molecule has 7 heteroatoms. The van der Waals surface area contributed by atoms with E-state index in [-0.39, 0.29) is 23.6 Å². The Bertz CT molecular complexity index is 733. The molecule has 6 nitrogen and oxygen atoms in total. The lowest BCUT2D eigenvalue weighted by Gasteiger charge is -2.43. The largest absolute Gasteiger partial charge is 0.354 e. The Hall–Kier alpha value is -2.08. The van der Waals surface area contributed by atoms with Gasteiger partial charge in [-0.05, 0) is 24.5 Å². The molecule has 1 heterocycles. The zero-order chi connectivity index (χ0) is 15.6. The second kappa shape index (κ2) is 5.96. The molecule has 1 aliphatic carbocycles. The van der Waals surface area contributed by atoms with Gasteiger partial charge in [-0.15, -0.1) is 0 Å². The molecule has 0 spiro atoms. The second-order valence-electron chi connectivity index (χ2n) is 5.68. The van der Waals surface area contributed by atoms with Crippen LogP contribution in [0.3, 0.4) is 0 Å². The first-order valence-corrected chi connectivity index (χ1v) is 7.60. The summed E-state index contributed by atoms with van der Waals surface area (Å²) in [6.07, 6.45) is 4.45. The van der Waals surface area contributed by atoms with Crippen LogP contribution in [0, 0.1) is 0 Å². The van der Waals surface area contributed by atoms with Gasteiger partial charge in [0.05, 0.1) is 0 Å².